The maximum absolute atomic E-state index is 12.1. The van der Waals surface area contributed by atoms with Gasteiger partial charge in [-0.25, -0.2) is 0 Å². The molecule has 0 aliphatic carbocycles. The monoisotopic (exact) mass is 295 g/mol. The number of carbonyl (C=O) groups excluding carboxylic acids is 1. The van der Waals surface area contributed by atoms with Crippen molar-refractivity contribution in [3.8, 4) is 5.75 Å². The third-order valence-electron chi connectivity index (χ3n) is 3.18. The van der Waals surface area contributed by atoms with Crippen molar-refractivity contribution in [2.75, 3.05) is 49.3 Å². The molecule has 110 valence electrons. The minimum absolute atomic E-state index is 0.0139. The number of benzene rings is 1. The predicted octanol–water partition coefficient (Wildman–Crippen LogP) is 1.65. The molecule has 1 aliphatic rings. The summed E-state index contributed by atoms with van der Waals surface area (Å²) in [6.07, 6.45) is 1.14. The average molecular weight is 295 g/mol. The average Bonchev–Trinajstić information content (AvgIpc) is 2.69. The quantitative estimate of drug-likeness (QED) is 0.827. The van der Waals surface area contributed by atoms with Gasteiger partial charge in [-0.1, -0.05) is 0 Å². The number of ether oxygens (including phenoxy) is 1. The Morgan fingerprint density at radius 3 is 3.10 bits per heavy atom. The van der Waals surface area contributed by atoms with E-state index in [4.69, 9.17) is 10.5 Å². The molecule has 0 aromatic heterocycles. The molecule has 1 fully saturated rings. The van der Waals surface area contributed by atoms with Gasteiger partial charge in [0.25, 0.3) is 0 Å². The fourth-order valence-electron chi connectivity index (χ4n) is 2.16. The molecule has 2 rings (SSSR count). The van der Waals surface area contributed by atoms with Crippen LogP contribution in [-0.2, 0) is 4.79 Å². The Morgan fingerprint density at radius 1 is 1.45 bits per heavy atom. The minimum atomic E-state index is -0.0139. The first kappa shape index (κ1) is 15.0. The van der Waals surface area contributed by atoms with Crippen molar-refractivity contribution in [3.63, 3.8) is 0 Å². The van der Waals surface area contributed by atoms with Gasteiger partial charge in [0, 0.05) is 24.1 Å². The van der Waals surface area contributed by atoms with Crippen LogP contribution < -0.4 is 15.8 Å². The van der Waals surface area contributed by atoms with Crippen LogP contribution in [0.25, 0.3) is 0 Å². The van der Waals surface area contributed by atoms with Gasteiger partial charge in [-0.3, -0.25) is 9.69 Å². The second kappa shape index (κ2) is 7.40. The molecular formula is C14H21N3O2S. The molecule has 1 amide bonds. The van der Waals surface area contributed by atoms with Gasteiger partial charge in [-0.2, -0.15) is 11.8 Å². The largest absolute Gasteiger partial charge is 0.494 e. The van der Waals surface area contributed by atoms with Crippen LogP contribution in [0.3, 0.4) is 0 Å². The van der Waals surface area contributed by atoms with Crippen LogP contribution >= 0.6 is 11.8 Å². The van der Waals surface area contributed by atoms with Gasteiger partial charge in [-0.15, -0.1) is 0 Å². The van der Waals surface area contributed by atoms with E-state index >= 15 is 0 Å². The van der Waals surface area contributed by atoms with Crippen LogP contribution in [0.2, 0.25) is 0 Å². The molecule has 0 unspecified atom stereocenters. The Labute approximate surface area is 123 Å². The van der Waals surface area contributed by atoms with E-state index in [1.165, 1.54) is 5.75 Å². The predicted molar refractivity (Wildman–Crippen MR) is 84.4 cm³/mol. The van der Waals surface area contributed by atoms with Crippen molar-refractivity contribution >= 4 is 29.0 Å². The van der Waals surface area contributed by atoms with E-state index in [9.17, 15) is 4.79 Å². The summed E-state index contributed by atoms with van der Waals surface area (Å²) >= 11 is 1.95. The van der Waals surface area contributed by atoms with Gasteiger partial charge in [0.2, 0.25) is 5.91 Å². The van der Waals surface area contributed by atoms with E-state index in [1.807, 2.05) is 11.8 Å². The van der Waals surface area contributed by atoms with Crippen molar-refractivity contribution < 1.29 is 9.53 Å². The summed E-state index contributed by atoms with van der Waals surface area (Å²) in [5, 5.41) is 2.89. The maximum atomic E-state index is 12.1. The van der Waals surface area contributed by atoms with Crippen LogP contribution in [0, 0.1) is 0 Å². The van der Waals surface area contributed by atoms with Gasteiger partial charge in [0.15, 0.2) is 0 Å². The number of carbonyl (C=O) groups is 1. The summed E-state index contributed by atoms with van der Waals surface area (Å²) in [7, 11) is 1.57. The second-order valence-electron chi connectivity index (χ2n) is 4.75. The summed E-state index contributed by atoms with van der Waals surface area (Å²) in [5.74, 6) is 2.85. The number of rotatable bonds is 4. The van der Waals surface area contributed by atoms with Gasteiger partial charge in [0.05, 0.1) is 19.3 Å². The van der Waals surface area contributed by atoms with E-state index in [2.05, 4.69) is 10.2 Å². The SMILES string of the molecule is COc1cc(N)ccc1NC(=O)CN1CCCSCC1. The summed E-state index contributed by atoms with van der Waals surface area (Å²) < 4.78 is 5.23. The van der Waals surface area contributed by atoms with E-state index in [0.29, 0.717) is 23.7 Å². The van der Waals surface area contributed by atoms with E-state index < -0.39 is 0 Å². The number of amides is 1. The molecule has 1 saturated heterocycles. The van der Waals surface area contributed by atoms with E-state index in [1.54, 1.807) is 25.3 Å². The molecule has 1 aliphatic heterocycles. The zero-order chi connectivity index (χ0) is 14.4. The lowest BCUT2D eigenvalue weighted by molar-refractivity contribution is -0.117. The van der Waals surface area contributed by atoms with Gasteiger partial charge in [-0.05, 0) is 30.9 Å². The minimum Gasteiger partial charge on any atom is -0.494 e. The Kier molecular flexibility index (Phi) is 5.55. The molecule has 0 saturated carbocycles. The summed E-state index contributed by atoms with van der Waals surface area (Å²) in [4.78, 5) is 14.3. The van der Waals surface area contributed by atoms with Crippen LogP contribution in [-0.4, -0.2) is 49.1 Å². The first-order chi connectivity index (χ1) is 9.69. The van der Waals surface area contributed by atoms with E-state index in [-0.39, 0.29) is 5.91 Å². The number of anilines is 2. The van der Waals surface area contributed by atoms with Gasteiger partial charge < -0.3 is 15.8 Å². The Balaban J connectivity index is 1.93. The highest BCUT2D eigenvalue weighted by Crippen LogP contribution is 2.26. The molecule has 1 aromatic rings. The number of methoxy groups -OCH3 is 1. The van der Waals surface area contributed by atoms with E-state index in [0.717, 1.165) is 25.3 Å². The first-order valence-corrected chi connectivity index (χ1v) is 7.88. The zero-order valence-corrected chi connectivity index (χ0v) is 12.5. The fourth-order valence-corrected chi connectivity index (χ4v) is 3.08. The Morgan fingerprint density at radius 2 is 2.30 bits per heavy atom. The second-order valence-corrected chi connectivity index (χ2v) is 5.97. The molecule has 6 heteroatoms. The molecule has 0 radical (unpaired) electrons. The lowest BCUT2D eigenvalue weighted by Crippen LogP contribution is -2.34. The van der Waals surface area contributed by atoms with Crippen molar-refractivity contribution in [2.45, 2.75) is 6.42 Å². The highest BCUT2D eigenvalue weighted by Gasteiger charge is 2.14. The number of nitrogens with zero attached hydrogens (tertiary/aromatic N) is 1. The molecule has 5 nitrogen and oxygen atoms in total. The molecule has 3 N–H and O–H groups in total. The number of hydrogen-bond acceptors (Lipinski definition) is 5. The summed E-state index contributed by atoms with van der Waals surface area (Å²) in [5.41, 5.74) is 6.98. The first-order valence-electron chi connectivity index (χ1n) is 6.72. The number of nitrogens with two attached hydrogens (primary N) is 1. The topological polar surface area (TPSA) is 67.6 Å². The molecule has 1 aromatic carbocycles. The lowest BCUT2D eigenvalue weighted by atomic mass is 10.2. The van der Waals surface area contributed by atoms with Crippen LogP contribution in [0.1, 0.15) is 6.42 Å². The van der Waals surface area contributed by atoms with Crippen molar-refractivity contribution in [2.24, 2.45) is 0 Å². The summed E-state index contributed by atoms with van der Waals surface area (Å²) in [6.45, 7) is 2.38. The van der Waals surface area contributed by atoms with Gasteiger partial charge in [0.1, 0.15) is 5.75 Å². The third-order valence-corrected chi connectivity index (χ3v) is 4.23. The van der Waals surface area contributed by atoms with Crippen molar-refractivity contribution in [1.29, 1.82) is 0 Å². The van der Waals surface area contributed by atoms with Crippen LogP contribution in [0.15, 0.2) is 18.2 Å². The Hall–Kier alpha value is -1.40. The molecule has 1 heterocycles. The molecule has 20 heavy (non-hydrogen) atoms. The molecule has 0 spiro atoms. The molecule has 0 atom stereocenters. The number of nitrogen functional groups attached to an aromatic ring is 1. The standard InChI is InChI=1S/C14H21N3O2S/c1-19-13-9-11(15)3-4-12(13)16-14(18)10-17-5-2-7-20-8-6-17/h3-4,9H,2,5-8,10,15H2,1H3,(H,16,18). The highest BCUT2D eigenvalue weighted by molar-refractivity contribution is 7.99. The molecular weight excluding hydrogens is 274 g/mol. The molecule has 0 bridgehead atoms. The number of nitrogens with one attached hydrogen (secondary N) is 1. The fraction of sp³-hybridized carbons (Fsp3) is 0.500. The highest BCUT2D eigenvalue weighted by atomic mass is 32.2. The van der Waals surface area contributed by atoms with Crippen molar-refractivity contribution in [3.05, 3.63) is 18.2 Å². The maximum Gasteiger partial charge on any atom is 0.238 e. The van der Waals surface area contributed by atoms with Gasteiger partial charge >= 0.3 is 0 Å². The van der Waals surface area contributed by atoms with Crippen LogP contribution in [0.5, 0.6) is 5.75 Å². The van der Waals surface area contributed by atoms with Crippen LogP contribution in [0.4, 0.5) is 11.4 Å². The Bertz CT molecular complexity index is 460. The summed E-state index contributed by atoms with van der Waals surface area (Å²) in [6, 6.07) is 5.23. The number of thioether (sulfide) groups is 1. The zero-order valence-electron chi connectivity index (χ0n) is 11.7. The lowest BCUT2D eigenvalue weighted by Gasteiger charge is -2.19. The number of hydrogen-bond donors (Lipinski definition) is 2. The smallest absolute Gasteiger partial charge is 0.238 e. The van der Waals surface area contributed by atoms with Crippen molar-refractivity contribution in [1.82, 2.24) is 4.90 Å². The normalized spacial score (nSPS) is 16.4. The third kappa shape index (κ3) is 4.31.